The van der Waals surface area contributed by atoms with Gasteiger partial charge in [-0.2, -0.15) is 8.42 Å². The van der Waals surface area contributed by atoms with E-state index in [1.165, 1.54) is 18.2 Å². The van der Waals surface area contributed by atoms with Gasteiger partial charge in [-0.05, 0) is 91.6 Å². The summed E-state index contributed by atoms with van der Waals surface area (Å²) in [5.41, 5.74) is 2.84. The van der Waals surface area contributed by atoms with Crippen LogP contribution in [0.1, 0.15) is 44.1 Å². The predicted octanol–water partition coefficient (Wildman–Crippen LogP) is 4.54. The number of halogens is 1. The van der Waals surface area contributed by atoms with Gasteiger partial charge < -0.3 is 5.32 Å². The summed E-state index contributed by atoms with van der Waals surface area (Å²) in [5, 5.41) is 8.73. The molecule has 3 aromatic rings. The molecule has 4 N–H and O–H groups in total. The molecule has 1 aliphatic rings. The van der Waals surface area contributed by atoms with Crippen molar-refractivity contribution < 1.29 is 17.6 Å². The third-order valence-electron chi connectivity index (χ3n) is 6.48. The van der Waals surface area contributed by atoms with Gasteiger partial charge >= 0.3 is 0 Å². The molecule has 1 aliphatic carbocycles. The topological polar surface area (TPSA) is 114 Å². The first-order valence-electron chi connectivity index (χ1n) is 11.0. The maximum absolute atomic E-state index is 13.8. The van der Waals surface area contributed by atoms with Crippen LogP contribution >= 0.6 is 0 Å². The molecule has 0 radical (unpaired) electrons. The van der Waals surface area contributed by atoms with E-state index >= 15 is 0 Å². The predicted molar refractivity (Wildman–Crippen MR) is 127 cm³/mol. The first-order valence-corrected chi connectivity index (χ1v) is 12.5. The maximum atomic E-state index is 13.8. The summed E-state index contributed by atoms with van der Waals surface area (Å²) in [5.74, 6) is 0.0862. The summed E-state index contributed by atoms with van der Waals surface area (Å²) < 4.78 is 38.2. The van der Waals surface area contributed by atoms with Gasteiger partial charge in [0.2, 0.25) is 5.91 Å². The molecule has 1 aromatic heterocycles. The zero-order valence-corrected chi connectivity index (χ0v) is 19.1. The fourth-order valence-electron chi connectivity index (χ4n) is 4.68. The molecule has 1 fully saturated rings. The minimum atomic E-state index is -3.84. The maximum Gasteiger partial charge on any atom is 0.296 e. The van der Waals surface area contributed by atoms with Crippen LogP contribution in [0, 0.1) is 17.7 Å². The fraction of sp³-hybridized carbons (Fsp3) is 0.333. The van der Waals surface area contributed by atoms with Crippen LogP contribution in [0.15, 0.2) is 54.7 Å². The summed E-state index contributed by atoms with van der Waals surface area (Å²) in [4.78, 5) is 17.1. The SMILES string of the molecule is C[C@H](C(=O)Nc1ccc(NS(N)(=O)=O)cc1)[C@H]1CC[C@H](c2ccnc3ccc(F)cc32)CC1. The number of rotatable bonds is 6. The normalized spacial score (nSPS) is 19.7. The molecule has 0 saturated heterocycles. The third kappa shape index (κ3) is 5.66. The number of anilines is 2. The average molecular weight is 471 g/mol. The highest BCUT2D eigenvalue weighted by Crippen LogP contribution is 2.41. The molecule has 0 aliphatic heterocycles. The molecule has 0 bridgehead atoms. The lowest BCUT2D eigenvalue weighted by Crippen LogP contribution is -2.29. The second-order valence-electron chi connectivity index (χ2n) is 8.68. The lowest BCUT2D eigenvalue weighted by atomic mass is 9.73. The van der Waals surface area contributed by atoms with Crippen LogP contribution in [0.2, 0.25) is 0 Å². The number of hydrogen-bond acceptors (Lipinski definition) is 4. The minimum absolute atomic E-state index is 0.0676. The first-order chi connectivity index (χ1) is 15.7. The summed E-state index contributed by atoms with van der Waals surface area (Å²) in [6.45, 7) is 1.94. The second-order valence-corrected chi connectivity index (χ2v) is 9.97. The number of nitrogens with zero attached hydrogens (tertiary/aromatic N) is 1. The van der Waals surface area contributed by atoms with Crippen molar-refractivity contribution in [2.45, 2.75) is 38.5 Å². The molecule has 1 amide bonds. The number of nitrogens with two attached hydrogens (primary N) is 1. The van der Waals surface area contributed by atoms with E-state index in [1.54, 1.807) is 30.5 Å². The Labute approximate surface area is 192 Å². The quantitative estimate of drug-likeness (QED) is 0.491. The number of carbonyl (C=O) groups is 1. The number of aromatic nitrogens is 1. The van der Waals surface area contributed by atoms with Crippen LogP contribution in [0.4, 0.5) is 15.8 Å². The molecular formula is C24H27FN4O3S. The van der Waals surface area contributed by atoms with Crippen molar-refractivity contribution in [3.8, 4) is 0 Å². The van der Waals surface area contributed by atoms with Crippen molar-refractivity contribution in [1.82, 2.24) is 4.98 Å². The number of carbonyl (C=O) groups excluding carboxylic acids is 1. The Kier molecular flexibility index (Phi) is 6.62. The van der Waals surface area contributed by atoms with E-state index in [2.05, 4.69) is 15.0 Å². The highest BCUT2D eigenvalue weighted by molar-refractivity contribution is 7.90. The molecule has 9 heteroatoms. The summed E-state index contributed by atoms with van der Waals surface area (Å²) in [6, 6.07) is 13.0. The standard InChI is InChI=1S/C24H27FN4O3S/c1-15(24(30)28-19-7-9-20(10-8-19)29-33(26,31)32)16-2-4-17(5-3-16)21-12-13-27-23-11-6-18(25)14-22(21)23/h6-17,29H,2-5H2,1H3,(H,28,30)(H2,26,31,32)/t15-,16-,17-/m0/s1. The molecule has 0 unspecified atom stereocenters. The van der Waals surface area contributed by atoms with Crippen LogP contribution < -0.4 is 15.2 Å². The van der Waals surface area contributed by atoms with Gasteiger partial charge in [0.05, 0.1) is 5.52 Å². The van der Waals surface area contributed by atoms with Gasteiger partial charge in [0.1, 0.15) is 5.82 Å². The third-order valence-corrected chi connectivity index (χ3v) is 7.00. The van der Waals surface area contributed by atoms with Gasteiger partial charge in [0.25, 0.3) is 10.2 Å². The molecule has 0 spiro atoms. The molecule has 33 heavy (non-hydrogen) atoms. The number of fused-ring (bicyclic) bond motifs is 1. The Morgan fingerprint density at radius 2 is 1.73 bits per heavy atom. The number of nitrogens with one attached hydrogen (secondary N) is 2. The molecule has 1 saturated carbocycles. The first kappa shape index (κ1) is 23.1. The van der Waals surface area contributed by atoms with E-state index in [4.69, 9.17) is 5.14 Å². The van der Waals surface area contributed by atoms with Gasteiger partial charge in [-0.15, -0.1) is 0 Å². The molecule has 1 atom stereocenters. The van der Waals surface area contributed by atoms with E-state index in [-0.39, 0.29) is 23.6 Å². The van der Waals surface area contributed by atoms with Gasteiger partial charge in [0, 0.05) is 28.9 Å². The van der Waals surface area contributed by atoms with E-state index in [9.17, 15) is 17.6 Å². The van der Waals surface area contributed by atoms with Gasteiger partial charge in [-0.3, -0.25) is 14.5 Å². The Morgan fingerprint density at radius 1 is 1.06 bits per heavy atom. The lowest BCUT2D eigenvalue weighted by Gasteiger charge is -2.32. The second kappa shape index (κ2) is 9.44. The highest BCUT2D eigenvalue weighted by Gasteiger charge is 2.30. The van der Waals surface area contributed by atoms with Crippen molar-refractivity contribution in [3.05, 3.63) is 66.1 Å². The van der Waals surface area contributed by atoms with Crippen molar-refractivity contribution in [1.29, 1.82) is 0 Å². The summed E-state index contributed by atoms with van der Waals surface area (Å²) in [7, 11) is -3.84. The molecule has 1 heterocycles. The molecular weight excluding hydrogens is 443 g/mol. The smallest absolute Gasteiger partial charge is 0.296 e. The number of amides is 1. The largest absolute Gasteiger partial charge is 0.326 e. The van der Waals surface area contributed by atoms with E-state index in [0.717, 1.165) is 42.1 Å². The van der Waals surface area contributed by atoms with Gasteiger partial charge in [0.15, 0.2) is 0 Å². The van der Waals surface area contributed by atoms with Crippen molar-refractivity contribution >= 4 is 38.4 Å². The Morgan fingerprint density at radius 3 is 2.39 bits per heavy atom. The summed E-state index contributed by atoms with van der Waals surface area (Å²) in [6.07, 6.45) is 5.48. The molecule has 2 aromatic carbocycles. The molecule has 7 nitrogen and oxygen atoms in total. The van der Waals surface area contributed by atoms with Crippen LogP contribution in [0.3, 0.4) is 0 Å². The average Bonchev–Trinajstić information content (AvgIpc) is 2.78. The van der Waals surface area contributed by atoms with Gasteiger partial charge in [-0.1, -0.05) is 6.92 Å². The Hall–Kier alpha value is -3.04. The highest BCUT2D eigenvalue weighted by atomic mass is 32.2. The lowest BCUT2D eigenvalue weighted by molar-refractivity contribution is -0.121. The van der Waals surface area contributed by atoms with Crippen molar-refractivity contribution in [2.75, 3.05) is 10.0 Å². The Bertz CT molecular complexity index is 1260. The number of hydrogen-bond donors (Lipinski definition) is 3. The zero-order valence-electron chi connectivity index (χ0n) is 18.3. The van der Waals surface area contributed by atoms with Crippen LogP contribution in [-0.2, 0) is 15.0 Å². The van der Waals surface area contributed by atoms with Crippen LogP contribution in [-0.4, -0.2) is 19.3 Å². The van der Waals surface area contributed by atoms with E-state index in [1.807, 2.05) is 13.0 Å². The fourth-order valence-corrected chi connectivity index (χ4v) is 5.15. The zero-order chi connectivity index (χ0) is 23.6. The molecule has 174 valence electrons. The Balaban J connectivity index is 1.36. The summed E-state index contributed by atoms with van der Waals surface area (Å²) >= 11 is 0. The van der Waals surface area contributed by atoms with E-state index < -0.39 is 10.2 Å². The number of benzene rings is 2. The minimum Gasteiger partial charge on any atom is -0.326 e. The number of pyridine rings is 1. The van der Waals surface area contributed by atoms with E-state index in [0.29, 0.717) is 17.3 Å². The molecule has 4 rings (SSSR count). The van der Waals surface area contributed by atoms with Crippen LogP contribution in [0.5, 0.6) is 0 Å². The van der Waals surface area contributed by atoms with Crippen molar-refractivity contribution in [2.24, 2.45) is 17.0 Å². The van der Waals surface area contributed by atoms with Crippen LogP contribution in [0.25, 0.3) is 10.9 Å². The van der Waals surface area contributed by atoms with Gasteiger partial charge in [-0.25, -0.2) is 9.53 Å². The monoisotopic (exact) mass is 470 g/mol. The van der Waals surface area contributed by atoms with Crippen molar-refractivity contribution in [3.63, 3.8) is 0 Å².